The van der Waals surface area contributed by atoms with E-state index in [0.717, 1.165) is 58.4 Å². The summed E-state index contributed by atoms with van der Waals surface area (Å²) >= 11 is 1.95. The van der Waals surface area contributed by atoms with E-state index in [4.69, 9.17) is 4.98 Å². The summed E-state index contributed by atoms with van der Waals surface area (Å²) in [5, 5.41) is 7.97. The normalized spacial score (nSPS) is 12.1. The summed E-state index contributed by atoms with van der Waals surface area (Å²) in [5.74, 6) is 3.68. The highest BCUT2D eigenvalue weighted by Crippen LogP contribution is 2.28. The summed E-state index contributed by atoms with van der Waals surface area (Å²) in [5.41, 5.74) is 3.33. The highest BCUT2D eigenvalue weighted by Gasteiger charge is 2.13. The Balaban J connectivity index is 1.75. The summed E-state index contributed by atoms with van der Waals surface area (Å²) < 4.78 is 12.7. The molecule has 1 unspecified atom stereocenters. The van der Waals surface area contributed by atoms with Gasteiger partial charge in [0.25, 0.3) is 0 Å². The van der Waals surface area contributed by atoms with Crippen molar-refractivity contribution in [3.63, 3.8) is 0 Å². The van der Waals surface area contributed by atoms with Crippen LogP contribution in [0, 0.1) is 6.92 Å². The number of benzene rings is 2. The second-order valence-electron chi connectivity index (χ2n) is 7.63. The Bertz CT molecular complexity index is 1010. The van der Waals surface area contributed by atoms with Crippen LogP contribution < -0.4 is 15.5 Å². The molecular weight excluding hydrogens is 436 g/mol. The van der Waals surface area contributed by atoms with Gasteiger partial charge in [0.2, 0.25) is 0 Å². The fourth-order valence-corrected chi connectivity index (χ4v) is 5.37. The SMILES string of the molecule is CCN(CCS(=O)c1ccccc1)c1cc(NCCSCCNC)c2cc(C)ccc2n1. The fraction of sp³-hybridized carbons (Fsp3) is 0.400. The molecule has 1 heterocycles. The first-order valence-electron chi connectivity index (χ1n) is 11.2. The molecule has 32 heavy (non-hydrogen) atoms. The standard InChI is InChI=1S/C25H34N4OS2/c1-4-29(14-17-32(30)21-8-6-5-7-9-21)25-19-24(27-13-16-31-15-12-26-3)22-18-20(2)10-11-23(22)28-25/h5-11,18-19,26H,4,12-17H2,1-3H3,(H,27,28). The van der Waals surface area contributed by atoms with Crippen LogP contribution in [-0.4, -0.2) is 59.7 Å². The van der Waals surface area contributed by atoms with E-state index in [0.29, 0.717) is 12.3 Å². The van der Waals surface area contributed by atoms with Gasteiger partial charge >= 0.3 is 0 Å². The Morgan fingerprint density at radius 2 is 1.84 bits per heavy atom. The van der Waals surface area contributed by atoms with Crippen LogP contribution in [0.5, 0.6) is 0 Å². The molecular formula is C25H34N4OS2. The molecule has 0 spiro atoms. The molecule has 2 aromatic carbocycles. The van der Waals surface area contributed by atoms with E-state index in [9.17, 15) is 4.21 Å². The van der Waals surface area contributed by atoms with Crippen LogP contribution in [0.4, 0.5) is 11.5 Å². The molecule has 0 saturated heterocycles. The van der Waals surface area contributed by atoms with Gasteiger partial charge in [0.05, 0.1) is 16.3 Å². The number of pyridine rings is 1. The lowest BCUT2D eigenvalue weighted by atomic mass is 10.1. The van der Waals surface area contributed by atoms with Gasteiger partial charge in [-0.2, -0.15) is 11.8 Å². The molecule has 0 aliphatic rings. The van der Waals surface area contributed by atoms with Crippen molar-refractivity contribution < 1.29 is 4.21 Å². The quantitative estimate of drug-likeness (QED) is 0.358. The largest absolute Gasteiger partial charge is 0.384 e. The van der Waals surface area contributed by atoms with Crippen LogP contribution in [0.25, 0.3) is 10.9 Å². The van der Waals surface area contributed by atoms with Crippen LogP contribution in [0.1, 0.15) is 12.5 Å². The number of thioether (sulfide) groups is 1. The van der Waals surface area contributed by atoms with Crippen molar-refractivity contribution in [1.29, 1.82) is 0 Å². The maximum absolute atomic E-state index is 12.7. The Morgan fingerprint density at radius 1 is 1.06 bits per heavy atom. The molecule has 3 aromatic rings. The molecule has 0 radical (unpaired) electrons. The summed E-state index contributed by atoms with van der Waals surface area (Å²) in [7, 11) is 0.970. The monoisotopic (exact) mass is 470 g/mol. The summed E-state index contributed by atoms with van der Waals surface area (Å²) in [6.07, 6.45) is 0. The van der Waals surface area contributed by atoms with Crippen LogP contribution in [0.2, 0.25) is 0 Å². The van der Waals surface area contributed by atoms with Crippen molar-refractivity contribution in [2.75, 3.05) is 60.7 Å². The third-order valence-corrected chi connectivity index (χ3v) is 7.60. The number of nitrogens with zero attached hydrogens (tertiary/aromatic N) is 2. The number of fused-ring (bicyclic) bond motifs is 1. The van der Waals surface area contributed by atoms with Gasteiger partial charge in [0.15, 0.2) is 0 Å². The van der Waals surface area contributed by atoms with Crippen LogP contribution in [0.3, 0.4) is 0 Å². The summed E-state index contributed by atoms with van der Waals surface area (Å²) in [6.45, 7) is 7.68. The topological polar surface area (TPSA) is 57.3 Å². The molecule has 7 heteroatoms. The molecule has 172 valence electrons. The van der Waals surface area contributed by atoms with Crippen molar-refractivity contribution in [1.82, 2.24) is 10.3 Å². The summed E-state index contributed by atoms with van der Waals surface area (Å²) in [4.78, 5) is 8.03. The van der Waals surface area contributed by atoms with Crippen molar-refractivity contribution >= 4 is 45.0 Å². The minimum atomic E-state index is -1.02. The number of hydrogen-bond donors (Lipinski definition) is 2. The minimum Gasteiger partial charge on any atom is -0.384 e. The van der Waals surface area contributed by atoms with E-state index in [1.807, 2.05) is 49.1 Å². The first-order valence-corrected chi connectivity index (χ1v) is 13.7. The van der Waals surface area contributed by atoms with E-state index < -0.39 is 10.8 Å². The molecule has 0 amide bonds. The predicted molar refractivity (Wildman–Crippen MR) is 142 cm³/mol. The third-order valence-electron chi connectivity index (χ3n) is 5.27. The highest BCUT2D eigenvalue weighted by atomic mass is 32.2. The molecule has 0 aliphatic carbocycles. The second-order valence-corrected chi connectivity index (χ2v) is 10.4. The van der Waals surface area contributed by atoms with Crippen molar-refractivity contribution in [2.45, 2.75) is 18.7 Å². The smallest absolute Gasteiger partial charge is 0.131 e. The molecule has 3 rings (SSSR count). The number of nitrogens with one attached hydrogen (secondary N) is 2. The molecule has 1 atom stereocenters. The lowest BCUT2D eigenvalue weighted by molar-refractivity contribution is 0.681. The van der Waals surface area contributed by atoms with E-state index >= 15 is 0 Å². The second kappa shape index (κ2) is 12.8. The van der Waals surface area contributed by atoms with Crippen molar-refractivity contribution in [3.8, 4) is 0 Å². The zero-order valence-corrected chi connectivity index (χ0v) is 20.9. The van der Waals surface area contributed by atoms with E-state index in [1.165, 1.54) is 5.56 Å². The van der Waals surface area contributed by atoms with Gasteiger partial charge in [-0.1, -0.05) is 29.8 Å². The zero-order chi connectivity index (χ0) is 22.8. The van der Waals surface area contributed by atoms with E-state index in [1.54, 1.807) is 0 Å². The third kappa shape index (κ3) is 6.95. The van der Waals surface area contributed by atoms with Gasteiger partial charge in [0, 0.05) is 65.5 Å². The van der Waals surface area contributed by atoms with Crippen molar-refractivity contribution in [2.24, 2.45) is 0 Å². The lowest BCUT2D eigenvalue weighted by Crippen LogP contribution is -2.28. The van der Waals surface area contributed by atoms with Gasteiger partial charge in [0.1, 0.15) is 5.82 Å². The molecule has 0 saturated carbocycles. The van der Waals surface area contributed by atoms with Crippen LogP contribution >= 0.6 is 11.8 Å². The number of rotatable bonds is 13. The highest BCUT2D eigenvalue weighted by molar-refractivity contribution is 7.99. The van der Waals surface area contributed by atoms with Gasteiger partial charge in [-0.25, -0.2) is 4.98 Å². The average molecular weight is 471 g/mol. The minimum absolute atomic E-state index is 0.580. The maximum Gasteiger partial charge on any atom is 0.131 e. The number of aromatic nitrogens is 1. The summed E-state index contributed by atoms with van der Waals surface area (Å²) in [6, 6.07) is 18.2. The fourth-order valence-electron chi connectivity index (χ4n) is 3.49. The molecule has 5 nitrogen and oxygen atoms in total. The molecule has 0 aliphatic heterocycles. The predicted octanol–water partition coefficient (Wildman–Crippen LogP) is 4.54. The average Bonchev–Trinajstić information content (AvgIpc) is 2.82. The Hall–Kier alpha value is -2.09. The first kappa shape index (κ1) is 24.6. The lowest BCUT2D eigenvalue weighted by Gasteiger charge is -2.23. The Labute approximate surface area is 198 Å². The van der Waals surface area contributed by atoms with Gasteiger partial charge in [-0.3, -0.25) is 4.21 Å². The maximum atomic E-state index is 12.7. The Morgan fingerprint density at radius 3 is 2.59 bits per heavy atom. The van der Waals surface area contributed by atoms with Crippen LogP contribution in [0.15, 0.2) is 59.5 Å². The number of hydrogen-bond acceptors (Lipinski definition) is 6. The van der Waals surface area contributed by atoms with E-state index in [-0.39, 0.29) is 0 Å². The number of anilines is 2. The van der Waals surface area contributed by atoms with Gasteiger partial charge in [-0.05, 0) is 45.2 Å². The first-order chi connectivity index (χ1) is 15.6. The van der Waals surface area contributed by atoms with Crippen molar-refractivity contribution in [3.05, 3.63) is 60.2 Å². The molecule has 0 bridgehead atoms. The van der Waals surface area contributed by atoms with Gasteiger partial charge < -0.3 is 15.5 Å². The zero-order valence-electron chi connectivity index (χ0n) is 19.3. The van der Waals surface area contributed by atoms with E-state index in [2.05, 4.69) is 53.6 Å². The Kier molecular flexibility index (Phi) is 9.84. The van der Waals surface area contributed by atoms with Gasteiger partial charge in [-0.15, -0.1) is 0 Å². The number of aryl methyl sites for hydroxylation is 1. The molecule has 2 N–H and O–H groups in total. The molecule has 0 fully saturated rings. The molecule has 1 aromatic heterocycles. The van der Waals surface area contributed by atoms with Crippen LogP contribution in [-0.2, 0) is 10.8 Å².